The van der Waals surface area contributed by atoms with Crippen LogP contribution in [0.5, 0.6) is 0 Å². The van der Waals surface area contributed by atoms with Gasteiger partial charge in [-0.25, -0.2) is 4.98 Å². The molecule has 0 saturated carbocycles. The van der Waals surface area contributed by atoms with Crippen LogP contribution >= 0.6 is 11.3 Å². The summed E-state index contributed by atoms with van der Waals surface area (Å²) in [5.41, 5.74) is 3.47. The second kappa shape index (κ2) is 8.54. The Labute approximate surface area is 166 Å². The Bertz CT molecular complexity index is 1130. The van der Waals surface area contributed by atoms with E-state index in [1.165, 1.54) is 11.3 Å². The van der Waals surface area contributed by atoms with Gasteiger partial charge >= 0.3 is 0 Å². The van der Waals surface area contributed by atoms with E-state index in [0.717, 1.165) is 21.8 Å². The average Bonchev–Trinajstić information content (AvgIpc) is 3.19. The first-order chi connectivity index (χ1) is 13.8. The monoisotopic (exact) mass is 386 g/mol. The number of aromatic nitrogens is 3. The highest BCUT2D eigenvalue weighted by Crippen LogP contribution is 2.22. The van der Waals surface area contributed by atoms with Crippen LogP contribution in [0.15, 0.2) is 89.6 Å². The molecule has 0 spiro atoms. The van der Waals surface area contributed by atoms with Crippen LogP contribution in [0.25, 0.3) is 10.6 Å². The summed E-state index contributed by atoms with van der Waals surface area (Å²) in [7, 11) is 0. The molecule has 4 aromatic rings. The molecule has 0 aliphatic rings. The highest BCUT2D eigenvalue weighted by molar-refractivity contribution is 7.13. The van der Waals surface area contributed by atoms with Crippen LogP contribution in [0.1, 0.15) is 11.3 Å². The number of carbonyl (C=O) groups excluding carboxylic acids is 1. The van der Waals surface area contributed by atoms with E-state index in [1.54, 1.807) is 12.4 Å². The van der Waals surface area contributed by atoms with E-state index < -0.39 is 0 Å². The Kier molecular flexibility index (Phi) is 5.49. The number of nitrogens with zero attached hydrogens (tertiary/aromatic N) is 4. The van der Waals surface area contributed by atoms with E-state index in [-0.39, 0.29) is 12.3 Å². The molecule has 0 aliphatic carbocycles. The zero-order valence-electron chi connectivity index (χ0n) is 15.1. The van der Waals surface area contributed by atoms with Gasteiger partial charge in [0.2, 0.25) is 0 Å². The second-order valence-electron chi connectivity index (χ2n) is 6.24. The maximum Gasteiger partial charge on any atom is 0.253 e. The topological polar surface area (TPSA) is 60.1 Å². The molecule has 1 amide bonds. The Morgan fingerprint density at radius 2 is 1.89 bits per heavy atom. The summed E-state index contributed by atoms with van der Waals surface area (Å²) in [6.07, 6.45) is 5.61. The molecule has 0 aliphatic heterocycles. The smallest absolute Gasteiger partial charge is 0.253 e. The Morgan fingerprint density at radius 3 is 2.71 bits per heavy atom. The second-order valence-corrected chi connectivity index (χ2v) is 7.10. The molecule has 0 bridgehead atoms. The summed E-state index contributed by atoms with van der Waals surface area (Å²) in [5, 5.41) is 2.76. The first kappa shape index (κ1) is 18.0. The van der Waals surface area contributed by atoms with Crippen molar-refractivity contribution in [2.24, 2.45) is 4.99 Å². The molecule has 3 aromatic heterocycles. The van der Waals surface area contributed by atoms with E-state index in [1.807, 2.05) is 64.7 Å². The number of hydrogen-bond acceptors (Lipinski definition) is 4. The van der Waals surface area contributed by atoms with Crippen LogP contribution in [-0.2, 0) is 17.8 Å². The van der Waals surface area contributed by atoms with Gasteiger partial charge in [-0.05, 0) is 29.8 Å². The molecule has 4 rings (SSSR count). The molecule has 28 heavy (non-hydrogen) atoms. The highest BCUT2D eigenvalue weighted by Gasteiger charge is 2.09. The minimum absolute atomic E-state index is 0.178. The molecule has 3 heterocycles. The molecule has 138 valence electrons. The van der Waals surface area contributed by atoms with Crippen molar-refractivity contribution in [1.82, 2.24) is 14.5 Å². The summed E-state index contributed by atoms with van der Waals surface area (Å²) < 4.78 is 1.97. The predicted molar refractivity (Wildman–Crippen MR) is 110 cm³/mol. The van der Waals surface area contributed by atoms with Crippen molar-refractivity contribution < 1.29 is 4.79 Å². The molecule has 0 unspecified atom stereocenters. The fourth-order valence-corrected chi connectivity index (χ4v) is 3.63. The quantitative estimate of drug-likeness (QED) is 0.525. The lowest BCUT2D eigenvalue weighted by molar-refractivity contribution is -0.117. The van der Waals surface area contributed by atoms with Crippen molar-refractivity contribution in [2.75, 3.05) is 0 Å². The molecule has 1 aromatic carbocycles. The van der Waals surface area contributed by atoms with Gasteiger partial charge in [0, 0.05) is 36.1 Å². The molecule has 0 N–H and O–H groups in total. The molecular weight excluding hydrogens is 368 g/mol. The highest BCUT2D eigenvalue weighted by atomic mass is 32.1. The molecule has 0 radical (unpaired) electrons. The molecule has 0 saturated heterocycles. The van der Waals surface area contributed by atoms with Gasteiger partial charge in [-0.3, -0.25) is 9.78 Å². The summed E-state index contributed by atoms with van der Waals surface area (Å²) in [4.78, 5) is 25.5. The van der Waals surface area contributed by atoms with Crippen LogP contribution in [0.2, 0.25) is 0 Å². The van der Waals surface area contributed by atoms with Crippen molar-refractivity contribution in [3.05, 3.63) is 101 Å². The van der Waals surface area contributed by atoms with Crippen LogP contribution in [0.3, 0.4) is 0 Å². The zero-order valence-corrected chi connectivity index (χ0v) is 15.9. The lowest BCUT2D eigenvalue weighted by Crippen LogP contribution is -2.22. The lowest BCUT2D eigenvalue weighted by atomic mass is 10.2. The zero-order chi connectivity index (χ0) is 19.2. The van der Waals surface area contributed by atoms with Crippen LogP contribution in [0, 0.1) is 0 Å². The van der Waals surface area contributed by atoms with E-state index in [0.29, 0.717) is 12.0 Å². The number of benzene rings is 1. The average molecular weight is 386 g/mol. The third-order valence-corrected chi connectivity index (χ3v) is 5.08. The first-order valence-electron chi connectivity index (χ1n) is 8.90. The van der Waals surface area contributed by atoms with E-state index >= 15 is 0 Å². The maximum absolute atomic E-state index is 12.5. The van der Waals surface area contributed by atoms with E-state index in [2.05, 4.69) is 27.1 Å². The molecule has 0 fully saturated rings. The van der Waals surface area contributed by atoms with Crippen molar-refractivity contribution >= 4 is 17.2 Å². The minimum atomic E-state index is -0.212. The standard InChI is InChI=1S/C22H18N4OS/c27-21(13-19-16-28-22(24-19)18-9-6-11-23-14-18)25-20-10-4-5-12-26(20)15-17-7-2-1-3-8-17/h1-12,14,16H,13,15H2. The summed E-state index contributed by atoms with van der Waals surface area (Å²) >= 11 is 1.51. The third kappa shape index (κ3) is 4.47. The van der Waals surface area contributed by atoms with Gasteiger partial charge in [0.15, 0.2) is 0 Å². The summed E-state index contributed by atoms with van der Waals surface area (Å²) in [5.74, 6) is -0.212. The van der Waals surface area contributed by atoms with Crippen LogP contribution < -0.4 is 5.49 Å². The van der Waals surface area contributed by atoms with E-state index in [9.17, 15) is 4.79 Å². The van der Waals surface area contributed by atoms with E-state index in [4.69, 9.17) is 0 Å². The largest absolute Gasteiger partial charge is 0.328 e. The summed E-state index contributed by atoms with van der Waals surface area (Å²) in [6, 6.07) is 19.6. The van der Waals surface area contributed by atoms with Crippen molar-refractivity contribution in [3.8, 4) is 10.6 Å². The van der Waals surface area contributed by atoms with Gasteiger partial charge in [-0.1, -0.05) is 36.4 Å². The molecular formula is C22H18N4OS. The number of hydrogen-bond donors (Lipinski definition) is 0. The van der Waals surface area contributed by atoms with Gasteiger partial charge < -0.3 is 4.57 Å². The minimum Gasteiger partial charge on any atom is -0.328 e. The molecule has 5 nitrogen and oxygen atoms in total. The Morgan fingerprint density at radius 1 is 1.04 bits per heavy atom. The number of carbonyl (C=O) groups is 1. The fourth-order valence-electron chi connectivity index (χ4n) is 2.81. The molecule has 0 atom stereocenters. The fraction of sp³-hybridized carbons (Fsp3) is 0.0909. The number of rotatable bonds is 5. The van der Waals surface area contributed by atoms with Crippen LogP contribution in [-0.4, -0.2) is 20.4 Å². The molecule has 6 heteroatoms. The van der Waals surface area contributed by atoms with Gasteiger partial charge in [-0.15, -0.1) is 11.3 Å². The van der Waals surface area contributed by atoms with Gasteiger partial charge in [0.25, 0.3) is 5.91 Å². The first-order valence-corrected chi connectivity index (χ1v) is 9.78. The van der Waals surface area contributed by atoms with Crippen molar-refractivity contribution in [2.45, 2.75) is 13.0 Å². The predicted octanol–water partition coefficient (Wildman–Crippen LogP) is 3.72. The van der Waals surface area contributed by atoms with Crippen LogP contribution in [0.4, 0.5) is 0 Å². The number of pyridine rings is 2. The van der Waals surface area contributed by atoms with Crippen molar-refractivity contribution in [1.29, 1.82) is 0 Å². The lowest BCUT2D eigenvalue weighted by Gasteiger charge is -2.07. The number of thiazole rings is 1. The van der Waals surface area contributed by atoms with Gasteiger partial charge in [0.05, 0.1) is 12.1 Å². The SMILES string of the molecule is O=C(Cc1csc(-c2cccnc2)n1)N=c1ccccn1Cc1ccccc1. The summed E-state index contributed by atoms with van der Waals surface area (Å²) in [6.45, 7) is 0.662. The Balaban J connectivity index is 1.52. The third-order valence-electron chi connectivity index (χ3n) is 4.14. The normalized spacial score (nSPS) is 11.5. The van der Waals surface area contributed by atoms with Gasteiger partial charge in [0.1, 0.15) is 10.5 Å². The Hall–Kier alpha value is -3.38. The van der Waals surface area contributed by atoms with Crippen molar-refractivity contribution in [3.63, 3.8) is 0 Å². The number of amides is 1. The maximum atomic E-state index is 12.5. The van der Waals surface area contributed by atoms with Gasteiger partial charge in [-0.2, -0.15) is 4.99 Å².